The van der Waals surface area contributed by atoms with Gasteiger partial charge >= 0.3 is 0 Å². The Morgan fingerprint density at radius 2 is 2.09 bits per heavy atom. The summed E-state index contributed by atoms with van der Waals surface area (Å²) in [7, 11) is 0. The smallest absolute Gasteiger partial charge is 0.235 e. The summed E-state index contributed by atoms with van der Waals surface area (Å²) in [6, 6.07) is 8.23. The van der Waals surface area contributed by atoms with Crippen LogP contribution in [0.3, 0.4) is 0 Å². The fraction of sp³-hybridized carbons (Fsp3) is 0.550. The maximum atomic E-state index is 12.6. The number of hydrogen-bond acceptors (Lipinski definition) is 2. The average molecular weight is 310 g/mol. The molecule has 1 saturated heterocycles. The summed E-state index contributed by atoms with van der Waals surface area (Å²) >= 11 is 0. The number of nitrogens with zero attached hydrogens (tertiary/aromatic N) is 1. The van der Waals surface area contributed by atoms with Crippen LogP contribution in [0.1, 0.15) is 38.2 Å². The highest BCUT2D eigenvalue weighted by atomic mass is 16.2. The molecule has 0 radical (unpaired) electrons. The Morgan fingerprint density at radius 3 is 2.83 bits per heavy atom. The molecule has 1 amide bonds. The van der Waals surface area contributed by atoms with Crippen molar-refractivity contribution in [2.45, 2.75) is 38.0 Å². The Balaban J connectivity index is 1.43. The molecule has 1 aliphatic carbocycles. The van der Waals surface area contributed by atoms with Crippen LogP contribution < -0.4 is 5.32 Å². The van der Waals surface area contributed by atoms with E-state index < -0.39 is 0 Å². The van der Waals surface area contributed by atoms with Crippen LogP contribution >= 0.6 is 0 Å². The Labute approximate surface area is 138 Å². The van der Waals surface area contributed by atoms with Gasteiger partial charge in [-0.25, -0.2) is 0 Å². The zero-order valence-electron chi connectivity index (χ0n) is 13.9. The number of carbonyl (C=O) groups excluding carboxylic acids is 1. The number of allylic oxidation sites excluding steroid dienone is 2. The molecule has 4 rings (SSSR count). The van der Waals surface area contributed by atoms with E-state index in [4.69, 9.17) is 0 Å². The summed E-state index contributed by atoms with van der Waals surface area (Å²) in [5.74, 6) is 1.68. The van der Waals surface area contributed by atoms with Gasteiger partial charge in [-0.2, -0.15) is 0 Å². The number of rotatable bonds is 3. The normalized spacial score (nSPS) is 27.2. The summed E-state index contributed by atoms with van der Waals surface area (Å²) in [5.41, 5.74) is 1.97. The lowest BCUT2D eigenvalue weighted by molar-refractivity contribution is -0.122. The number of likely N-dealkylation sites (tertiary alicyclic amines) is 1. The third-order valence-corrected chi connectivity index (χ3v) is 6.16. The maximum absolute atomic E-state index is 12.6. The van der Waals surface area contributed by atoms with E-state index in [-0.39, 0.29) is 11.3 Å². The quantitative estimate of drug-likeness (QED) is 0.866. The number of amides is 1. The van der Waals surface area contributed by atoms with Gasteiger partial charge in [0.25, 0.3) is 0 Å². The van der Waals surface area contributed by atoms with Crippen molar-refractivity contribution in [1.82, 2.24) is 4.90 Å². The maximum Gasteiger partial charge on any atom is 0.235 e. The second kappa shape index (κ2) is 5.79. The fourth-order valence-corrected chi connectivity index (χ4v) is 4.66. The Bertz CT molecular complexity index is 628. The number of nitrogens with one attached hydrogen (secondary N) is 1. The molecule has 3 nitrogen and oxygen atoms in total. The molecule has 2 heterocycles. The summed E-state index contributed by atoms with van der Waals surface area (Å²) in [6.07, 6.45) is 9.18. The summed E-state index contributed by atoms with van der Waals surface area (Å²) < 4.78 is 0. The van der Waals surface area contributed by atoms with E-state index in [1.807, 2.05) is 12.1 Å². The van der Waals surface area contributed by atoms with Gasteiger partial charge in [-0.15, -0.1) is 0 Å². The first-order chi connectivity index (χ1) is 11.2. The van der Waals surface area contributed by atoms with Crippen molar-refractivity contribution in [3.8, 4) is 0 Å². The lowest BCUT2D eigenvalue weighted by Crippen LogP contribution is -2.47. The third kappa shape index (κ3) is 2.51. The second-order valence-corrected chi connectivity index (χ2v) is 7.53. The zero-order valence-corrected chi connectivity index (χ0v) is 13.9. The molecule has 0 saturated carbocycles. The number of benzene rings is 1. The molecule has 1 aromatic carbocycles. The number of hydrogen-bond donors (Lipinski definition) is 1. The SMILES string of the molecule is CC(CN1CCC2(CC1)C(=O)Nc1ccccc12)C1C=CCC1. The molecule has 0 aromatic heterocycles. The number of para-hydroxylation sites is 1. The minimum atomic E-state index is -0.274. The van der Waals surface area contributed by atoms with Crippen molar-refractivity contribution in [1.29, 1.82) is 0 Å². The molecule has 1 N–H and O–H groups in total. The van der Waals surface area contributed by atoms with Gasteiger partial charge in [-0.3, -0.25) is 4.79 Å². The van der Waals surface area contributed by atoms with Gasteiger partial charge in [-0.1, -0.05) is 37.3 Å². The first kappa shape index (κ1) is 14.9. The van der Waals surface area contributed by atoms with Gasteiger partial charge in [-0.05, 0) is 62.2 Å². The van der Waals surface area contributed by atoms with Crippen molar-refractivity contribution >= 4 is 11.6 Å². The molecule has 3 heteroatoms. The first-order valence-electron chi connectivity index (χ1n) is 8.99. The van der Waals surface area contributed by atoms with Gasteiger partial charge < -0.3 is 10.2 Å². The second-order valence-electron chi connectivity index (χ2n) is 7.53. The van der Waals surface area contributed by atoms with Crippen molar-refractivity contribution in [2.75, 3.05) is 25.0 Å². The third-order valence-electron chi connectivity index (χ3n) is 6.16. The van der Waals surface area contributed by atoms with Gasteiger partial charge in [0.2, 0.25) is 5.91 Å². The van der Waals surface area contributed by atoms with E-state index in [2.05, 4.69) is 41.4 Å². The number of piperidine rings is 1. The average Bonchev–Trinajstić information content (AvgIpc) is 3.18. The van der Waals surface area contributed by atoms with Gasteiger partial charge in [0, 0.05) is 12.2 Å². The number of carbonyl (C=O) groups is 1. The standard InChI is InChI=1S/C20H26N2O/c1-15(16-6-2-3-7-16)14-22-12-10-20(11-13-22)17-8-4-5-9-18(17)21-19(20)23/h2,4-6,8-9,15-16H,3,7,10-14H2,1H3,(H,21,23). The fourth-order valence-electron chi connectivity index (χ4n) is 4.66. The molecule has 122 valence electrons. The van der Waals surface area contributed by atoms with Crippen LogP contribution in [-0.4, -0.2) is 30.4 Å². The van der Waals surface area contributed by atoms with Crippen molar-refractivity contribution < 1.29 is 4.79 Å². The van der Waals surface area contributed by atoms with E-state index in [0.717, 1.165) is 44.1 Å². The highest BCUT2D eigenvalue weighted by Gasteiger charge is 2.48. The first-order valence-corrected chi connectivity index (χ1v) is 8.99. The predicted octanol–water partition coefficient (Wildman–Crippen LogP) is 3.57. The summed E-state index contributed by atoms with van der Waals surface area (Å²) in [5, 5.41) is 3.09. The van der Waals surface area contributed by atoms with Crippen LogP contribution in [0.2, 0.25) is 0 Å². The highest BCUT2D eigenvalue weighted by molar-refractivity contribution is 6.06. The Hall–Kier alpha value is -1.61. The van der Waals surface area contributed by atoms with Crippen LogP contribution in [0.5, 0.6) is 0 Å². The monoisotopic (exact) mass is 310 g/mol. The van der Waals surface area contributed by atoms with E-state index >= 15 is 0 Å². The van der Waals surface area contributed by atoms with Crippen molar-refractivity contribution in [3.05, 3.63) is 42.0 Å². The van der Waals surface area contributed by atoms with Crippen LogP contribution in [0.15, 0.2) is 36.4 Å². The van der Waals surface area contributed by atoms with E-state index in [0.29, 0.717) is 5.92 Å². The molecule has 0 bridgehead atoms. The highest BCUT2D eigenvalue weighted by Crippen LogP contribution is 2.44. The van der Waals surface area contributed by atoms with Crippen LogP contribution in [0.25, 0.3) is 0 Å². The minimum Gasteiger partial charge on any atom is -0.325 e. The molecule has 1 fully saturated rings. The topological polar surface area (TPSA) is 32.3 Å². The van der Waals surface area contributed by atoms with Crippen LogP contribution in [0, 0.1) is 11.8 Å². The summed E-state index contributed by atoms with van der Waals surface area (Å²) in [4.78, 5) is 15.2. The largest absolute Gasteiger partial charge is 0.325 e. The molecule has 2 unspecified atom stereocenters. The van der Waals surface area contributed by atoms with Crippen LogP contribution in [0.4, 0.5) is 5.69 Å². The predicted molar refractivity (Wildman–Crippen MR) is 93.5 cm³/mol. The van der Waals surface area contributed by atoms with E-state index in [1.54, 1.807) is 0 Å². The minimum absolute atomic E-state index is 0.213. The zero-order chi connectivity index (χ0) is 15.9. The van der Waals surface area contributed by atoms with Crippen molar-refractivity contribution in [2.24, 2.45) is 11.8 Å². The van der Waals surface area contributed by atoms with E-state index in [1.165, 1.54) is 18.4 Å². The van der Waals surface area contributed by atoms with E-state index in [9.17, 15) is 4.79 Å². The number of anilines is 1. The van der Waals surface area contributed by atoms with Gasteiger partial charge in [0.1, 0.15) is 0 Å². The molecule has 1 aromatic rings. The molecule has 23 heavy (non-hydrogen) atoms. The molecule has 1 spiro atoms. The molecule has 2 aliphatic heterocycles. The molecule has 2 atom stereocenters. The Morgan fingerprint density at radius 1 is 1.30 bits per heavy atom. The lowest BCUT2D eigenvalue weighted by atomic mass is 9.73. The summed E-state index contributed by atoms with van der Waals surface area (Å²) in [6.45, 7) is 5.60. The molecular formula is C20H26N2O. The Kier molecular flexibility index (Phi) is 3.76. The number of fused-ring (bicyclic) bond motifs is 2. The molecular weight excluding hydrogens is 284 g/mol. The molecule has 3 aliphatic rings. The van der Waals surface area contributed by atoms with Crippen molar-refractivity contribution in [3.63, 3.8) is 0 Å². The van der Waals surface area contributed by atoms with Crippen LogP contribution in [-0.2, 0) is 10.2 Å². The van der Waals surface area contributed by atoms with Gasteiger partial charge in [0.05, 0.1) is 5.41 Å². The lowest BCUT2D eigenvalue weighted by Gasteiger charge is -2.39. The van der Waals surface area contributed by atoms with Gasteiger partial charge in [0.15, 0.2) is 0 Å².